The largest absolute Gasteiger partial charge is 0.269 e. The Labute approximate surface area is 176 Å². The van der Waals surface area contributed by atoms with Gasteiger partial charge in [0.25, 0.3) is 11.2 Å². The molecule has 148 valence electrons. The summed E-state index contributed by atoms with van der Waals surface area (Å²) in [5, 5.41) is 11.9. The zero-order valence-electron chi connectivity index (χ0n) is 15.9. The lowest BCUT2D eigenvalue weighted by Gasteiger charge is -2.14. The molecule has 6 nitrogen and oxygen atoms in total. The van der Waals surface area contributed by atoms with E-state index < -0.39 is 4.92 Å². The third kappa shape index (κ3) is 3.73. The normalized spacial score (nSPS) is 11.3. The van der Waals surface area contributed by atoms with Gasteiger partial charge in [-0.15, -0.1) is 0 Å². The Balaban J connectivity index is 1.89. The molecule has 1 aromatic heterocycles. The molecule has 0 N–H and O–H groups in total. The van der Waals surface area contributed by atoms with Crippen LogP contribution in [0.25, 0.3) is 28.7 Å². The van der Waals surface area contributed by atoms with Gasteiger partial charge in [0.2, 0.25) is 0 Å². The van der Waals surface area contributed by atoms with Crippen molar-refractivity contribution in [1.29, 1.82) is 0 Å². The maximum absolute atomic E-state index is 13.3. The molecule has 0 aliphatic rings. The number of aromatic nitrogens is 2. The highest BCUT2D eigenvalue weighted by molar-refractivity contribution is 6.30. The lowest BCUT2D eigenvalue weighted by atomic mass is 10.1. The standard InChI is InChI=1S/C23H16ClN3O3/c1-15-14-17(24)9-12-21(15)26-22(25-20-5-3-2-4-19(20)23(26)28)13-8-16-6-10-18(11-7-16)27(29)30/h2-14H,1H3. The van der Waals surface area contributed by atoms with Crippen LogP contribution in [-0.2, 0) is 0 Å². The molecule has 1 heterocycles. The average molecular weight is 418 g/mol. The van der Waals surface area contributed by atoms with Crippen LogP contribution in [0.3, 0.4) is 0 Å². The molecule has 0 saturated carbocycles. The Hall–Kier alpha value is -3.77. The van der Waals surface area contributed by atoms with Crippen LogP contribution in [0.15, 0.2) is 71.5 Å². The fraction of sp³-hybridized carbons (Fsp3) is 0.0435. The molecule has 4 aromatic rings. The van der Waals surface area contributed by atoms with E-state index in [1.54, 1.807) is 65.3 Å². The van der Waals surface area contributed by atoms with Crippen molar-refractivity contribution in [2.45, 2.75) is 6.92 Å². The van der Waals surface area contributed by atoms with Gasteiger partial charge in [-0.1, -0.05) is 29.8 Å². The van der Waals surface area contributed by atoms with Crippen LogP contribution in [0, 0.1) is 17.0 Å². The first kappa shape index (κ1) is 19.5. The zero-order chi connectivity index (χ0) is 21.3. The lowest BCUT2D eigenvalue weighted by molar-refractivity contribution is -0.384. The summed E-state index contributed by atoms with van der Waals surface area (Å²) >= 11 is 6.09. The third-order valence-corrected chi connectivity index (χ3v) is 4.97. The Morgan fingerprint density at radius 3 is 2.47 bits per heavy atom. The minimum Gasteiger partial charge on any atom is -0.268 e. The number of nitro benzene ring substituents is 1. The van der Waals surface area contributed by atoms with Crippen LogP contribution in [-0.4, -0.2) is 14.5 Å². The minimum atomic E-state index is -0.445. The second kappa shape index (κ2) is 7.93. The SMILES string of the molecule is Cc1cc(Cl)ccc1-n1c(C=Cc2ccc([N+](=O)[O-])cc2)nc2ccccc2c1=O. The molecule has 0 unspecified atom stereocenters. The van der Waals surface area contributed by atoms with E-state index >= 15 is 0 Å². The summed E-state index contributed by atoms with van der Waals surface area (Å²) in [7, 11) is 0. The molecular formula is C23H16ClN3O3. The number of hydrogen-bond donors (Lipinski definition) is 0. The molecule has 0 amide bonds. The van der Waals surface area contributed by atoms with Crippen molar-refractivity contribution in [1.82, 2.24) is 9.55 Å². The number of para-hydroxylation sites is 1. The van der Waals surface area contributed by atoms with Crippen LogP contribution < -0.4 is 5.56 Å². The van der Waals surface area contributed by atoms with Crippen LogP contribution in [0.2, 0.25) is 5.02 Å². The molecule has 0 spiro atoms. The van der Waals surface area contributed by atoms with Crippen molar-refractivity contribution in [3.63, 3.8) is 0 Å². The number of nitro groups is 1. The van der Waals surface area contributed by atoms with Crippen molar-refractivity contribution >= 4 is 40.3 Å². The van der Waals surface area contributed by atoms with E-state index in [-0.39, 0.29) is 11.2 Å². The summed E-state index contributed by atoms with van der Waals surface area (Å²) in [4.78, 5) is 28.4. The average Bonchev–Trinajstić information content (AvgIpc) is 2.73. The van der Waals surface area contributed by atoms with Gasteiger partial charge in [0.15, 0.2) is 0 Å². The number of benzene rings is 3. The fourth-order valence-electron chi connectivity index (χ4n) is 3.24. The highest BCUT2D eigenvalue weighted by atomic mass is 35.5. The topological polar surface area (TPSA) is 78.0 Å². The van der Waals surface area contributed by atoms with Gasteiger partial charge in [-0.3, -0.25) is 19.5 Å². The highest BCUT2D eigenvalue weighted by Gasteiger charge is 2.13. The summed E-state index contributed by atoms with van der Waals surface area (Å²) in [5.74, 6) is 0.447. The van der Waals surface area contributed by atoms with E-state index in [1.807, 2.05) is 13.0 Å². The van der Waals surface area contributed by atoms with Gasteiger partial charge >= 0.3 is 0 Å². The molecule has 0 aliphatic carbocycles. The van der Waals surface area contributed by atoms with Gasteiger partial charge in [0, 0.05) is 17.2 Å². The summed E-state index contributed by atoms with van der Waals surface area (Å²) in [5.41, 5.74) is 2.70. The number of fused-ring (bicyclic) bond motifs is 1. The highest BCUT2D eigenvalue weighted by Crippen LogP contribution is 2.21. The van der Waals surface area contributed by atoms with Gasteiger partial charge in [-0.25, -0.2) is 4.98 Å². The first-order valence-corrected chi connectivity index (χ1v) is 9.53. The Kier molecular flexibility index (Phi) is 5.16. The van der Waals surface area contributed by atoms with E-state index in [0.717, 1.165) is 11.1 Å². The summed E-state index contributed by atoms with van der Waals surface area (Å²) in [6.07, 6.45) is 3.49. The quantitative estimate of drug-likeness (QED) is 0.328. The molecular weight excluding hydrogens is 402 g/mol. The second-order valence-electron chi connectivity index (χ2n) is 6.74. The van der Waals surface area contributed by atoms with Gasteiger partial charge in [0.05, 0.1) is 21.5 Å². The molecule has 0 fully saturated rings. The van der Waals surface area contributed by atoms with Gasteiger partial charge in [-0.2, -0.15) is 0 Å². The van der Waals surface area contributed by atoms with Crippen LogP contribution in [0.4, 0.5) is 5.69 Å². The van der Waals surface area contributed by atoms with Crippen LogP contribution in [0.5, 0.6) is 0 Å². The molecule has 0 saturated heterocycles. The number of halogens is 1. The van der Waals surface area contributed by atoms with E-state index in [9.17, 15) is 14.9 Å². The lowest BCUT2D eigenvalue weighted by Crippen LogP contribution is -2.23. The van der Waals surface area contributed by atoms with E-state index in [4.69, 9.17) is 11.6 Å². The Bertz CT molecular complexity index is 1360. The first-order valence-electron chi connectivity index (χ1n) is 9.15. The molecule has 0 atom stereocenters. The summed E-state index contributed by atoms with van der Waals surface area (Å²) < 4.78 is 1.55. The molecule has 3 aromatic carbocycles. The van der Waals surface area contributed by atoms with E-state index in [1.165, 1.54) is 12.1 Å². The van der Waals surface area contributed by atoms with Crippen LogP contribution in [0.1, 0.15) is 17.0 Å². The maximum atomic E-state index is 13.3. The van der Waals surface area contributed by atoms with Crippen molar-refractivity contribution < 1.29 is 4.92 Å². The zero-order valence-corrected chi connectivity index (χ0v) is 16.7. The van der Waals surface area contributed by atoms with E-state index in [0.29, 0.717) is 27.4 Å². The van der Waals surface area contributed by atoms with Crippen molar-refractivity contribution in [3.05, 3.63) is 109 Å². The first-order chi connectivity index (χ1) is 14.4. The Morgan fingerprint density at radius 1 is 1.03 bits per heavy atom. The fourth-order valence-corrected chi connectivity index (χ4v) is 3.47. The van der Waals surface area contributed by atoms with Crippen molar-refractivity contribution in [2.24, 2.45) is 0 Å². The molecule has 0 bridgehead atoms. The van der Waals surface area contributed by atoms with E-state index in [2.05, 4.69) is 4.98 Å². The molecule has 4 rings (SSSR count). The predicted octanol–water partition coefficient (Wildman–Crippen LogP) is 5.43. The van der Waals surface area contributed by atoms with Gasteiger partial charge in [0.1, 0.15) is 5.82 Å². The predicted molar refractivity (Wildman–Crippen MR) is 119 cm³/mol. The number of nitrogens with zero attached hydrogens (tertiary/aromatic N) is 3. The van der Waals surface area contributed by atoms with Crippen molar-refractivity contribution in [2.75, 3.05) is 0 Å². The maximum Gasteiger partial charge on any atom is 0.269 e. The Morgan fingerprint density at radius 2 is 1.77 bits per heavy atom. The molecule has 0 aliphatic heterocycles. The molecule has 0 radical (unpaired) electrons. The third-order valence-electron chi connectivity index (χ3n) is 4.73. The number of non-ortho nitro benzene ring substituents is 1. The number of rotatable bonds is 4. The monoisotopic (exact) mass is 417 g/mol. The summed E-state index contributed by atoms with van der Waals surface area (Å²) in [6.45, 7) is 1.88. The second-order valence-corrected chi connectivity index (χ2v) is 7.18. The minimum absolute atomic E-state index is 0.0182. The summed E-state index contributed by atoms with van der Waals surface area (Å²) in [6, 6.07) is 18.6. The van der Waals surface area contributed by atoms with Gasteiger partial charge in [-0.05, 0) is 66.6 Å². The molecule has 7 heteroatoms. The van der Waals surface area contributed by atoms with Crippen LogP contribution >= 0.6 is 11.6 Å². The van der Waals surface area contributed by atoms with Gasteiger partial charge < -0.3 is 0 Å². The molecule has 30 heavy (non-hydrogen) atoms. The van der Waals surface area contributed by atoms with Crippen molar-refractivity contribution in [3.8, 4) is 5.69 Å². The number of aryl methyl sites for hydroxylation is 1. The smallest absolute Gasteiger partial charge is 0.268 e. The number of hydrogen-bond acceptors (Lipinski definition) is 4.